The third kappa shape index (κ3) is 4.41. The van der Waals surface area contributed by atoms with Gasteiger partial charge in [0.15, 0.2) is 0 Å². The van der Waals surface area contributed by atoms with Crippen LogP contribution in [0.25, 0.3) is 11.3 Å². The van der Waals surface area contributed by atoms with Crippen LogP contribution in [0, 0.1) is 0 Å². The average Bonchev–Trinajstić information content (AvgIpc) is 3.31. The van der Waals surface area contributed by atoms with E-state index >= 15 is 0 Å². The molecule has 0 bridgehead atoms. The van der Waals surface area contributed by atoms with Gasteiger partial charge in [-0.3, -0.25) is 4.79 Å². The Balaban J connectivity index is 0.00000204. The molecule has 4 rings (SSSR count). The highest BCUT2D eigenvalue weighted by Gasteiger charge is 2.42. The van der Waals surface area contributed by atoms with Crippen molar-refractivity contribution in [2.75, 3.05) is 12.4 Å². The van der Waals surface area contributed by atoms with E-state index in [1.807, 2.05) is 36.4 Å². The summed E-state index contributed by atoms with van der Waals surface area (Å²) in [6.45, 7) is 0. The van der Waals surface area contributed by atoms with Crippen LogP contribution in [-0.4, -0.2) is 26.4 Å². The van der Waals surface area contributed by atoms with E-state index < -0.39 is 15.4 Å². The van der Waals surface area contributed by atoms with Crippen molar-refractivity contribution < 1.29 is 16.1 Å². The fraction of sp³-hybridized carbons (Fsp3) is 0.250. The molecule has 1 saturated carbocycles. The molecular weight excluding hydrogens is 446 g/mol. The Hall–Kier alpha value is -2.74. The lowest BCUT2D eigenvalue weighted by atomic mass is 9.78. The van der Waals surface area contributed by atoms with Crippen molar-refractivity contribution in [2.45, 2.75) is 36.0 Å². The van der Waals surface area contributed by atoms with Crippen LogP contribution in [0.3, 0.4) is 0 Å². The number of anilines is 1. The monoisotopic (exact) mass is 473 g/mol. The molecule has 0 spiro atoms. The molecule has 1 fully saturated rings. The summed E-state index contributed by atoms with van der Waals surface area (Å²) in [5.74, 6) is 0.386. The van der Waals surface area contributed by atoms with Crippen molar-refractivity contribution in [3.8, 4) is 11.3 Å². The fourth-order valence-corrected chi connectivity index (χ4v) is 5.07. The van der Waals surface area contributed by atoms with E-state index in [1.165, 1.54) is 19.2 Å². The first-order valence-electron chi connectivity index (χ1n) is 10.4. The van der Waals surface area contributed by atoms with E-state index in [-0.39, 0.29) is 13.7 Å². The van der Waals surface area contributed by atoms with Crippen LogP contribution in [0.15, 0.2) is 71.6 Å². The summed E-state index contributed by atoms with van der Waals surface area (Å²) in [6, 6.07) is 19.4. The maximum atomic E-state index is 13.4. The summed E-state index contributed by atoms with van der Waals surface area (Å²) in [5.41, 5.74) is 1.77. The van der Waals surface area contributed by atoms with E-state index in [1.54, 1.807) is 18.2 Å². The molecule has 1 heterocycles. The fourth-order valence-electron chi connectivity index (χ4n) is 4.22. The Morgan fingerprint density at radius 3 is 2.28 bits per heavy atom. The normalized spacial score (nSPS) is 15.4. The Labute approximate surface area is 196 Å². The summed E-state index contributed by atoms with van der Waals surface area (Å²) in [6.07, 6.45) is 3.54. The molecule has 0 saturated heterocycles. The van der Waals surface area contributed by atoms with Crippen molar-refractivity contribution in [3.63, 3.8) is 0 Å². The molecule has 6 nitrogen and oxygen atoms in total. The molecule has 8 heteroatoms. The van der Waals surface area contributed by atoms with E-state index in [9.17, 15) is 13.2 Å². The molecule has 2 aromatic carbocycles. The second-order valence-corrected chi connectivity index (χ2v) is 10.2. The molecule has 170 valence electrons. The summed E-state index contributed by atoms with van der Waals surface area (Å²) < 4.78 is 26.2. The SMILES string of the molecule is CNS(=O)(=O)c1ccc(-c2cccc(NC(=O)C3(c4ccc(Cl)cc4)CCCC3)n2)cc1.[HH].[HH]. The van der Waals surface area contributed by atoms with E-state index in [4.69, 9.17) is 11.6 Å². The van der Waals surface area contributed by atoms with Gasteiger partial charge in [0.05, 0.1) is 16.0 Å². The zero-order valence-corrected chi connectivity index (χ0v) is 19.2. The first-order valence-corrected chi connectivity index (χ1v) is 12.3. The van der Waals surface area contributed by atoms with Crippen LogP contribution >= 0.6 is 11.6 Å². The highest BCUT2D eigenvalue weighted by Crippen LogP contribution is 2.42. The molecule has 32 heavy (non-hydrogen) atoms. The minimum Gasteiger partial charge on any atom is -0.310 e. The van der Waals surface area contributed by atoms with Gasteiger partial charge in [-0.25, -0.2) is 18.1 Å². The molecule has 1 aromatic heterocycles. The van der Waals surface area contributed by atoms with Crippen molar-refractivity contribution in [1.82, 2.24) is 9.71 Å². The predicted octanol–water partition coefficient (Wildman–Crippen LogP) is 5.25. The highest BCUT2D eigenvalue weighted by molar-refractivity contribution is 7.89. The molecule has 0 aliphatic heterocycles. The van der Waals surface area contributed by atoms with Crippen molar-refractivity contribution in [1.29, 1.82) is 0 Å². The standard InChI is InChI=1S/C24H24ClN3O3S.2H2/c1-26-32(30,31)20-13-7-17(8-14-20)21-5-4-6-22(27-21)28-23(29)24(15-2-3-16-24)18-9-11-19(25)12-10-18;;/h4-14,26H,2-3,15-16H2,1H3,(H,27,28,29);2*1H. The van der Waals surface area contributed by atoms with E-state index in [0.717, 1.165) is 36.8 Å². The van der Waals surface area contributed by atoms with E-state index in [0.29, 0.717) is 16.5 Å². The third-order valence-corrected chi connectivity index (χ3v) is 7.69. The number of pyridine rings is 1. The molecule has 1 aliphatic rings. The Kier molecular flexibility index (Phi) is 6.33. The number of carbonyl (C=O) groups excluding carboxylic acids is 1. The number of rotatable bonds is 6. The number of amides is 1. The van der Waals surface area contributed by atoms with Gasteiger partial charge in [-0.15, -0.1) is 0 Å². The smallest absolute Gasteiger partial charge is 0.240 e. The molecule has 3 aromatic rings. The van der Waals surface area contributed by atoms with Crippen molar-refractivity contribution >= 4 is 33.3 Å². The second kappa shape index (κ2) is 9.02. The van der Waals surface area contributed by atoms with Gasteiger partial charge >= 0.3 is 0 Å². The van der Waals surface area contributed by atoms with Gasteiger partial charge in [0.2, 0.25) is 15.9 Å². The third-order valence-electron chi connectivity index (χ3n) is 6.01. The second-order valence-electron chi connectivity index (χ2n) is 7.89. The highest BCUT2D eigenvalue weighted by atomic mass is 35.5. The van der Waals surface area contributed by atoms with E-state index in [2.05, 4.69) is 15.0 Å². The van der Waals surface area contributed by atoms with Gasteiger partial charge < -0.3 is 5.32 Å². The summed E-state index contributed by atoms with van der Waals surface area (Å²) in [4.78, 5) is 18.2. The number of benzene rings is 2. The van der Waals surface area contributed by atoms with Gasteiger partial charge in [-0.2, -0.15) is 0 Å². The predicted molar refractivity (Wildman–Crippen MR) is 130 cm³/mol. The lowest BCUT2D eigenvalue weighted by molar-refractivity contribution is -0.121. The molecule has 2 N–H and O–H groups in total. The number of hydrogen-bond donors (Lipinski definition) is 2. The summed E-state index contributed by atoms with van der Waals surface area (Å²) in [5, 5.41) is 3.65. The Morgan fingerprint density at radius 1 is 1.00 bits per heavy atom. The number of carbonyl (C=O) groups is 1. The molecule has 0 radical (unpaired) electrons. The van der Waals surface area contributed by atoms with Crippen LogP contribution in [0.2, 0.25) is 5.02 Å². The lowest BCUT2D eigenvalue weighted by Crippen LogP contribution is -2.38. The summed E-state index contributed by atoms with van der Waals surface area (Å²) in [7, 11) is -2.13. The molecule has 1 aliphatic carbocycles. The maximum Gasteiger partial charge on any atom is 0.240 e. The molecule has 0 atom stereocenters. The lowest BCUT2D eigenvalue weighted by Gasteiger charge is -2.28. The maximum absolute atomic E-state index is 13.4. The first kappa shape index (κ1) is 22.5. The number of nitrogens with zero attached hydrogens (tertiary/aromatic N) is 1. The number of aromatic nitrogens is 1. The van der Waals surface area contributed by atoms with Gasteiger partial charge in [0, 0.05) is 13.4 Å². The minimum atomic E-state index is -3.50. The zero-order valence-electron chi connectivity index (χ0n) is 17.6. The van der Waals surface area contributed by atoms with Crippen LogP contribution in [0.5, 0.6) is 0 Å². The van der Waals surface area contributed by atoms with Crippen LogP contribution in [0.4, 0.5) is 5.82 Å². The summed E-state index contributed by atoms with van der Waals surface area (Å²) >= 11 is 6.04. The van der Waals surface area contributed by atoms with Gasteiger partial charge in [0.1, 0.15) is 5.82 Å². The average molecular weight is 474 g/mol. The number of nitrogens with one attached hydrogen (secondary N) is 2. The van der Waals surface area contributed by atoms with Crippen LogP contribution < -0.4 is 10.0 Å². The number of hydrogen-bond acceptors (Lipinski definition) is 4. The van der Waals surface area contributed by atoms with Crippen molar-refractivity contribution in [2.24, 2.45) is 0 Å². The topological polar surface area (TPSA) is 88.2 Å². The molecule has 1 amide bonds. The Morgan fingerprint density at radius 2 is 1.66 bits per heavy atom. The molecular formula is C24H28ClN3O3S. The van der Waals surface area contributed by atoms with Gasteiger partial charge in [-0.05, 0) is 61.9 Å². The van der Waals surface area contributed by atoms with Crippen molar-refractivity contribution in [3.05, 3.63) is 77.3 Å². The molecule has 0 unspecified atom stereocenters. The Bertz CT molecular complexity index is 1230. The van der Waals surface area contributed by atoms with Crippen LogP contribution in [0.1, 0.15) is 34.1 Å². The zero-order chi connectivity index (χ0) is 22.8. The van der Waals surface area contributed by atoms with Gasteiger partial charge in [-0.1, -0.05) is 54.8 Å². The van der Waals surface area contributed by atoms with Crippen LogP contribution in [-0.2, 0) is 20.2 Å². The number of sulfonamides is 1. The quantitative estimate of drug-likeness (QED) is 0.511. The van der Waals surface area contributed by atoms with Gasteiger partial charge in [0.25, 0.3) is 0 Å². The minimum absolute atomic E-state index is 0. The first-order chi connectivity index (χ1) is 15.3. The largest absolute Gasteiger partial charge is 0.310 e. The number of halogens is 1.